The van der Waals surface area contributed by atoms with Crippen LogP contribution in [0.4, 0.5) is 4.79 Å². The van der Waals surface area contributed by atoms with E-state index in [4.69, 9.17) is 10.00 Å². The van der Waals surface area contributed by atoms with Gasteiger partial charge in [-0.15, -0.1) is 11.3 Å². The van der Waals surface area contributed by atoms with Crippen molar-refractivity contribution in [2.75, 3.05) is 19.6 Å². The molecule has 1 N–H and O–H groups in total. The number of carbonyl (C=O) groups is 1. The van der Waals surface area contributed by atoms with Crippen molar-refractivity contribution < 1.29 is 9.53 Å². The molecule has 2 rings (SSSR count). The fourth-order valence-corrected chi connectivity index (χ4v) is 3.43. The Morgan fingerprint density at radius 3 is 2.96 bits per heavy atom. The van der Waals surface area contributed by atoms with Crippen molar-refractivity contribution in [2.45, 2.75) is 45.8 Å². The highest BCUT2D eigenvalue weighted by Gasteiger charge is 2.27. The number of piperidine rings is 1. The number of nitriles is 1. The van der Waals surface area contributed by atoms with Crippen molar-refractivity contribution in [2.24, 2.45) is 5.92 Å². The molecule has 1 aromatic rings. The predicted octanol–water partition coefficient (Wildman–Crippen LogP) is 3.36. The molecule has 1 aliphatic rings. The van der Waals surface area contributed by atoms with E-state index in [1.165, 1.54) is 16.2 Å². The Kier molecular flexibility index (Phi) is 6.03. The minimum absolute atomic E-state index is 0.209. The molecule has 0 saturated carbocycles. The Hall–Kier alpha value is -1.58. The van der Waals surface area contributed by atoms with Gasteiger partial charge in [0.15, 0.2) is 0 Å². The van der Waals surface area contributed by atoms with Crippen LogP contribution in [-0.4, -0.2) is 36.2 Å². The molecule has 1 atom stereocenters. The minimum atomic E-state index is -0.445. The molecule has 1 unspecified atom stereocenters. The molecule has 0 aromatic carbocycles. The summed E-state index contributed by atoms with van der Waals surface area (Å²) in [7, 11) is 0. The highest BCUT2D eigenvalue weighted by Crippen LogP contribution is 2.19. The zero-order valence-corrected chi connectivity index (χ0v) is 14.9. The molecule has 126 valence electrons. The molecule has 23 heavy (non-hydrogen) atoms. The Morgan fingerprint density at radius 2 is 2.30 bits per heavy atom. The van der Waals surface area contributed by atoms with E-state index in [1.807, 2.05) is 37.8 Å². The van der Waals surface area contributed by atoms with Crippen LogP contribution < -0.4 is 5.32 Å². The molecule has 1 saturated heterocycles. The lowest BCUT2D eigenvalue weighted by Gasteiger charge is -2.34. The third kappa shape index (κ3) is 5.85. The van der Waals surface area contributed by atoms with Gasteiger partial charge in [0.1, 0.15) is 16.5 Å². The van der Waals surface area contributed by atoms with E-state index in [0.717, 1.165) is 43.9 Å². The molecule has 6 heteroatoms. The van der Waals surface area contributed by atoms with E-state index in [0.29, 0.717) is 5.92 Å². The number of hydrogen-bond acceptors (Lipinski definition) is 5. The summed E-state index contributed by atoms with van der Waals surface area (Å²) in [4.78, 5) is 15.9. The monoisotopic (exact) mass is 335 g/mol. The highest BCUT2D eigenvalue weighted by molar-refractivity contribution is 7.12. The summed E-state index contributed by atoms with van der Waals surface area (Å²) in [5.41, 5.74) is -0.445. The predicted molar refractivity (Wildman–Crippen MR) is 91.3 cm³/mol. The van der Waals surface area contributed by atoms with Crippen LogP contribution in [0.3, 0.4) is 0 Å². The normalized spacial score (nSPS) is 18.5. The molecule has 0 spiro atoms. The maximum absolute atomic E-state index is 12.1. The number of nitrogens with zero attached hydrogens (tertiary/aromatic N) is 2. The number of likely N-dealkylation sites (tertiary alicyclic amines) is 1. The summed E-state index contributed by atoms with van der Waals surface area (Å²) >= 11 is 1.52. The van der Waals surface area contributed by atoms with Crippen LogP contribution in [0, 0.1) is 17.2 Å². The smallest absolute Gasteiger partial charge is 0.410 e. The number of carbonyl (C=O) groups excluding carboxylic acids is 1. The first-order valence-corrected chi connectivity index (χ1v) is 8.86. The van der Waals surface area contributed by atoms with Gasteiger partial charge in [0.05, 0.1) is 0 Å². The van der Waals surface area contributed by atoms with Crippen LogP contribution in [-0.2, 0) is 11.3 Å². The van der Waals surface area contributed by atoms with Crippen LogP contribution in [0.5, 0.6) is 0 Å². The number of ether oxygens (including phenoxy) is 1. The van der Waals surface area contributed by atoms with E-state index >= 15 is 0 Å². The van der Waals surface area contributed by atoms with Crippen molar-refractivity contribution >= 4 is 17.4 Å². The molecule has 2 heterocycles. The van der Waals surface area contributed by atoms with E-state index in [-0.39, 0.29) is 6.09 Å². The molecular weight excluding hydrogens is 310 g/mol. The Balaban J connectivity index is 1.75. The van der Waals surface area contributed by atoms with Crippen molar-refractivity contribution in [3.63, 3.8) is 0 Å². The van der Waals surface area contributed by atoms with Gasteiger partial charge < -0.3 is 15.0 Å². The highest BCUT2D eigenvalue weighted by atomic mass is 32.1. The average molecular weight is 335 g/mol. The Labute approximate surface area is 142 Å². The lowest BCUT2D eigenvalue weighted by Crippen LogP contribution is -2.44. The zero-order valence-electron chi connectivity index (χ0n) is 14.1. The molecule has 1 aliphatic heterocycles. The van der Waals surface area contributed by atoms with Crippen LogP contribution in [0.2, 0.25) is 0 Å². The Morgan fingerprint density at radius 1 is 1.52 bits per heavy atom. The molecule has 5 nitrogen and oxygen atoms in total. The van der Waals surface area contributed by atoms with Crippen LogP contribution in [0.25, 0.3) is 0 Å². The van der Waals surface area contributed by atoms with Crippen LogP contribution in [0.1, 0.15) is 43.4 Å². The van der Waals surface area contributed by atoms with E-state index in [2.05, 4.69) is 11.4 Å². The summed E-state index contributed by atoms with van der Waals surface area (Å²) < 4.78 is 5.45. The van der Waals surface area contributed by atoms with Crippen molar-refractivity contribution in [3.05, 3.63) is 21.9 Å². The van der Waals surface area contributed by atoms with Gasteiger partial charge in [-0.2, -0.15) is 5.26 Å². The van der Waals surface area contributed by atoms with Crippen molar-refractivity contribution in [1.82, 2.24) is 10.2 Å². The van der Waals surface area contributed by atoms with E-state index in [9.17, 15) is 4.79 Å². The maximum atomic E-state index is 12.1. The van der Waals surface area contributed by atoms with Crippen molar-refractivity contribution in [3.8, 4) is 6.07 Å². The summed E-state index contributed by atoms with van der Waals surface area (Å²) in [6.45, 7) is 8.85. The number of rotatable bonds is 4. The third-order valence-electron chi connectivity index (χ3n) is 3.67. The zero-order chi connectivity index (χ0) is 16.9. The fraction of sp³-hybridized carbons (Fsp3) is 0.647. The first-order valence-electron chi connectivity index (χ1n) is 8.05. The topological polar surface area (TPSA) is 65.4 Å². The second kappa shape index (κ2) is 7.80. The van der Waals surface area contributed by atoms with Crippen molar-refractivity contribution in [1.29, 1.82) is 5.26 Å². The minimum Gasteiger partial charge on any atom is -0.444 e. The van der Waals surface area contributed by atoms with Gasteiger partial charge in [0.2, 0.25) is 0 Å². The molecule has 1 fully saturated rings. The number of thiophene rings is 1. The van der Waals surface area contributed by atoms with Gasteiger partial charge in [-0.3, -0.25) is 0 Å². The van der Waals surface area contributed by atoms with Gasteiger partial charge in [-0.25, -0.2) is 4.79 Å². The number of hydrogen-bond donors (Lipinski definition) is 1. The average Bonchev–Trinajstić information content (AvgIpc) is 2.94. The number of amides is 1. The third-order valence-corrected chi connectivity index (χ3v) is 4.66. The molecular formula is C17H25N3O2S. The van der Waals surface area contributed by atoms with E-state index < -0.39 is 5.60 Å². The van der Waals surface area contributed by atoms with Gasteiger partial charge in [0.25, 0.3) is 0 Å². The van der Waals surface area contributed by atoms with Gasteiger partial charge >= 0.3 is 6.09 Å². The molecule has 1 amide bonds. The SMILES string of the molecule is CC(C)(C)OC(=O)N1CCCC(CNCc2ccc(C#N)s2)C1. The Bertz CT molecular complexity index is 571. The standard InChI is InChI=1S/C17H25N3O2S/c1-17(2,3)22-16(21)20-8-4-5-13(12-20)10-19-11-15-7-6-14(9-18)23-15/h6-7,13,19H,4-5,8,10-12H2,1-3H3. The lowest BCUT2D eigenvalue weighted by molar-refractivity contribution is 0.0166. The fourth-order valence-electron chi connectivity index (χ4n) is 2.66. The quantitative estimate of drug-likeness (QED) is 0.916. The first-order chi connectivity index (χ1) is 10.9. The first kappa shape index (κ1) is 17.8. The molecule has 0 aliphatic carbocycles. The van der Waals surface area contributed by atoms with Gasteiger partial charge in [0, 0.05) is 24.5 Å². The second-order valence-electron chi connectivity index (χ2n) is 6.94. The summed E-state index contributed by atoms with van der Waals surface area (Å²) in [5.74, 6) is 0.451. The van der Waals surface area contributed by atoms with Gasteiger partial charge in [-0.1, -0.05) is 0 Å². The second-order valence-corrected chi connectivity index (χ2v) is 8.11. The summed E-state index contributed by atoms with van der Waals surface area (Å²) in [6.07, 6.45) is 1.93. The largest absolute Gasteiger partial charge is 0.444 e. The molecule has 1 aromatic heterocycles. The molecule has 0 radical (unpaired) electrons. The summed E-state index contributed by atoms with van der Waals surface area (Å²) in [5, 5.41) is 12.3. The number of nitrogens with one attached hydrogen (secondary N) is 1. The van der Waals surface area contributed by atoms with Crippen LogP contribution >= 0.6 is 11.3 Å². The molecule has 0 bridgehead atoms. The lowest BCUT2D eigenvalue weighted by atomic mass is 9.98. The summed E-state index contributed by atoms with van der Waals surface area (Å²) in [6, 6.07) is 6.00. The maximum Gasteiger partial charge on any atom is 0.410 e. The van der Waals surface area contributed by atoms with Gasteiger partial charge in [-0.05, 0) is 58.2 Å². The van der Waals surface area contributed by atoms with Crippen LogP contribution in [0.15, 0.2) is 12.1 Å². The van der Waals surface area contributed by atoms with E-state index in [1.54, 1.807) is 0 Å².